The third-order valence-corrected chi connectivity index (χ3v) is 3.11. The minimum Gasteiger partial charge on any atom is -0.288 e. The zero-order valence-corrected chi connectivity index (χ0v) is 11.0. The van der Waals surface area contributed by atoms with Crippen molar-refractivity contribution in [3.63, 3.8) is 0 Å². The van der Waals surface area contributed by atoms with Gasteiger partial charge in [0, 0.05) is 12.5 Å². The van der Waals surface area contributed by atoms with Gasteiger partial charge in [0.15, 0.2) is 5.12 Å². The fraction of sp³-hybridized carbons (Fsp3) is 0.357. The van der Waals surface area contributed by atoms with E-state index in [0.29, 0.717) is 5.75 Å². The summed E-state index contributed by atoms with van der Waals surface area (Å²) in [5, 5.41) is 0.117. The van der Waals surface area contributed by atoms with Crippen molar-refractivity contribution >= 4 is 16.9 Å². The molecule has 0 unspecified atom stereocenters. The molecule has 0 aliphatic heterocycles. The van der Waals surface area contributed by atoms with Gasteiger partial charge in [-0.3, -0.25) is 4.79 Å². The van der Waals surface area contributed by atoms with Gasteiger partial charge < -0.3 is 0 Å². The van der Waals surface area contributed by atoms with Crippen LogP contribution >= 0.6 is 11.8 Å². The maximum absolute atomic E-state index is 10.7. The Morgan fingerprint density at radius 2 is 1.81 bits per heavy atom. The maximum Gasteiger partial charge on any atom is 0.186 e. The SMILES string of the molecule is CC(=O)SCC#Cc1cc(C)c(C)cc1C. The van der Waals surface area contributed by atoms with E-state index in [2.05, 4.69) is 44.7 Å². The number of carbonyl (C=O) groups excluding carboxylic acids is 1. The Balaban J connectivity index is 2.81. The van der Waals surface area contributed by atoms with Gasteiger partial charge in [0.05, 0.1) is 5.75 Å². The van der Waals surface area contributed by atoms with Crippen molar-refractivity contribution in [1.29, 1.82) is 0 Å². The second-order valence-electron chi connectivity index (χ2n) is 3.83. The highest BCUT2D eigenvalue weighted by atomic mass is 32.2. The van der Waals surface area contributed by atoms with Gasteiger partial charge in [0.2, 0.25) is 0 Å². The number of thioether (sulfide) groups is 1. The number of hydrogen-bond donors (Lipinski definition) is 0. The number of carbonyl (C=O) groups is 1. The third kappa shape index (κ3) is 3.75. The van der Waals surface area contributed by atoms with Gasteiger partial charge in [-0.2, -0.15) is 0 Å². The van der Waals surface area contributed by atoms with E-state index in [1.165, 1.54) is 28.5 Å². The first-order valence-corrected chi connectivity index (χ1v) is 6.19. The molecule has 0 heterocycles. The monoisotopic (exact) mass is 232 g/mol. The minimum atomic E-state index is 0.117. The van der Waals surface area contributed by atoms with E-state index in [9.17, 15) is 4.79 Å². The van der Waals surface area contributed by atoms with Gasteiger partial charge in [-0.1, -0.05) is 29.7 Å². The lowest BCUT2D eigenvalue weighted by molar-refractivity contribution is -0.109. The van der Waals surface area contributed by atoms with E-state index in [1.54, 1.807) is 6.92 Å². The third-order valence-electron chi connectivity index (χ3n) is 2.41. The summed E-state index contributed by atoms with van der Waals surface area (Å²) in [6.07, 6.45) is 0. The summed E-state index contributed by atoms with van der Waals surface area (Å²) in [6, 6.07) is 4.26. The van der Waals surface area contributed by atoms with Gasteiger partial charge in [-0.15, -0.1) is 0 Å². The second kappa shape index (κ2) is 5.77. The maximum atomic E-state index is 10.7. The molecule has 0 bridgehead atoms. The van der Waals surface area contributed by atoms with Crippen molar-refractivity contribution in [3.05, 3.63) is 34.4 Å². The predicted molar refractivity (Wildman–Crippen MR) is 70.7 cm³/mol. The van der Waals surface area contributed by atoms with E-state index >= 15 is 0 Å². The Labute approximate surface area is 102 Å². The summed E-state index contributed by atoms with van der Waals surface area (Å²) in [4.78, 5) is 10.7. The van der Waals surface area contributed by atoms with Crippen LogP contribution in [-0.4, -0.2) is 10.9 Å². The average Bonchev–Trinajstić information content (AvgIpc) is 2.19. The minimum absolute atomic E-state index is 0.117. The Morgan fingerprint density at radius 1 is 1.19 bits per heavy atom. The Morgan fingerprint density at radius 3 is 2.44 bits per heavy atom. The number of benzene rings is 1. The summed E-state index contributed by atoms with van der Waals surface area (Å²) < 4.78 is 0. The largest absolute Gasteiger partial charge is 0.288 e. The molecule has 0 amide bonds. The Kier molecular flexibility index (Phi) is 4.64. The number of rotatable bonds is 1. The van der Waals surface area contributed by atoms with Crippen LogP contribution in [0.3, 0.4) is 0 Å². The van der Waals surface area contributed by atoms with Crippen molar-refractivity contribution in [2.24, 2.45) is 0 Å². The molecule has 0 saturated heterocycles. The highest BCUT2D eigenvalue weighted by molar-refractivity contribution is 8.13. The molecule has 1 nitrogen and oxygen atoms in total. The summed E-state index contributed by atoms with van der Waals surface area (Å²) in [7, 11) is 0. The van der Waals surface area contributed by atoms with Crippen LogP contribution in [0.4, 0.5) is 0 Å². The van der Waals surface area contributed by atoms with E-state index in [4.69, 9.17) is 0 Å². The van der Waals surface area contributed by atoms with Crippen LogP contribution in [0.1, 0.15) is 29.2 Å². The lowest BCUT2D eigenvalue weighted by atomic mass is 10.0. The van der Waals surface area contributed by atoms with Gasteiger partial charge in [0.1, 0.15) is 0 Å². The van der Waals surface area contributed by atoms with Crippen LogP contribution in [0.15, 0.2) is 12.1 Å². The molecule has 0 aliphatic carbocycles. The van der Waals surface area contributed by atoms with Crippen molar-refractivity contribution in [3.8, 4) is 11.8 Å². The topological polar surface area (TPSA) is 17.1 Å². The number of aryl methyl sites for hydroxylation is 3. The van der Waals surface area contributed by atoms with Gasteiger partial charge in [-0.05, 0) is 43.5 Å². The lowest BCUT2D eigenvalue weighted by Crippen LogP contribution is -1.89. The molecule has 0 fully saturated rings. The molecule has 0 atom stereocenters. The van der Waals surface area contributed by atoms with Gasteiger partial charge in [0.25, 0.3) is 0 Å². The summed E-state index contributed by atoms with van der Waals surface area (Å²) in [5.74, 6) is 6.70. The van der Waals surface area contributed by atoms with Crippen molar-refractivity contribution < 1.29 is 4.79 Å². The van der Waals surface area contributed by atoms with E-state index < -0.39 is 0 Å². The molecule has 0 radical (unpaired) electrons. The number of hydrogen-bond acceptors (Lipinski definition) is 2. The molecule has 84 valence electrons. The molecule has 0 N–H and O–H groups in total. The molecule has 1 aromatic rings. The molecule has 1 rings (SSSR count). The quantitative estimate of drug-likeness (QED) is 0.691. The molecule has 0 aliphatic rings. The highest BCUT2D eigenvalue weighted by Gasteiger charge is 1.98. The summed E-state index contributed by atoms with van der Waals surface area (Å²) in [5.41, 5.74) is 4.81. The predicted octanol–water partition coefficient (Wildman–Crippen LogP) is 3.24. The summed E-state index contributed by atoms with van der Waals surface area (Å²) >= 11 is 1.25. The molecule has 2 heteroatoms. The van der Waals surface area contributed by atoms with Gasteiger partial charge in [-0.25, -0.2) is 0 Å². The Bertz CT molecular complexity index is 464. The van der Waals surface area contributed by atoms with Crippen molar-refractivity contribution in [2.45, 2.75) is 27.7 Å². The van der Waals surface area contributed by atoms with Crippen LogP contribution in [0.25, 0.3) is 0 Å². The fourth-order valence-electron chi connectivity index (χ4n) is 1.36. The van der Waals surface area contributed by atoms with Crippen molar-refractivity contribution in [2.75, 3.05) is 5.75 Å². The molecule has 0 saturated carbocycles. The fourth-order valence-corrected chi connectivity index (χ4v) is 1.71. The van der Waals surface area contributed by atoms with Crippen molar-refractivity contribution in [1.82, 2.24) is 0 Å². The molecule has 16 heavy (non-hydrogen) atoms. The molecular weight excluding hydrogens is 216 g/mol. The average molecular weight is 232 g/mol. The van der Waals surface area contributed by atoms with Crippen LogP contribution in [0.2, 0.25) is 0 Å². The van der Waals surface area contributed by atoms with Crippen LogP contribution in [0.5, 0.6) is 0 Å². The first-order chi connectivity index (χ1) is 7.50. The molecule has 0 aromatic heterocycles. The summed E-state index contributed by atoms with van der Waals surface area (Å²) in [6.45, 7) is 7.82. The first-order valence-electron chi connectivity index (χ1n) is 5.21. The van der Waals surface area contributed by atoms with Crippen LogP contribution in [-0.2, 0) is 4.79 Å². The molecule has 1 aromatic carbocycles. The lowest BCUT2D eigenvalue weighted by Gasteiger charge is -2.04. The van der Waals surface area contributed by atoms with E-state index in [0.717, 1.165) is 5.56 Å². The standard InChI is InChI=1S/C14H16OS/c1-10-8-12(3)14(9-11(10)2)6-5-7-16-13(4)15/h8-9H,7H2,1-4H3. The Hall–Kier alpha value is -1.20. The van der Waals surface area contributed by atoms with Crippen LogP contribution in [0, 0.1) is 32.6 Å². The smallest absolute Gasteiger partial charge is 0.186 e. The van der Waals surface area contributed by atoms with Gasteiger partial charge >= 0.3 is 0 Å². The highest BCUT2D eigenvalue weighted by Crippen LogP contribution is 2.14. The first kappa shape index (κ1) is 12.9. The molecule has 0 spiro atoms. The zero-order valence-electron chi connectivity index (χ0n) is 10.2. The van der Waals surface area contributed by atoms with Crippen LogP contribution < -0.4 is 0 Å². The second-order valence-corrected chi connectivity index (χ2v) is 4.99. The van der Waals surface area contributed by atoms with E-state index in [1.807, 2.05) is 0 Å². The zero-order chi connectivity index (χ0) is 12.1. The molecular formula is C14H16OS. The van der Waals surface area contributed by atoms with E-state index in [-0.39, 0.29) is 5.12 Å². The normalized spacial score (nSPS) is 9.50.